The van der Waals surface area contributed by atoms with Crippen molar-refractivity contribution in [2.24, 2.45) is 5.16 Å². The second-order valence-corrected chi connectivity index (χ2v) is 7.64. The molecule has 34 heavy (non-hydrogen) atoms. The fraction of sp³-hybridized carbons (Fsp3) is 0.0385. The van der Waals surface area contributed by atoms with Gasteiger partial charge >= 0.3 is 5.97 Å². The number of aromatic carboxylic acids is 1. The number of amides is 1. The summed E-state index contributed by atoms with van der Waals surface area (Å²) in [5.74, 6) is -1.14. The third-order valence-corrected chi connectivity index (χ3v) is 5.10. The lowest BCUT2D eigenvalue weighted by Crippen LogP contribution is -2.15. The van der Waals surface area contributed by atoms with Crippen molar-refractivity contribution >= 4 is 34.9 Å². The van der Waals surface area contributed by atoms with Crippen LogP contribution in [0.4, 0.5) is 5.69 Å². The summed E-state index contributed by atoms with van der Waals surface area (Å²) < 4.78 is 5.50. The van der Waals surface area contributed by atoms with Gasteiger partial charge in [-0.3, -0.25) is 4.79 Å². The number of carboxylic acid groups (broad SMARTS) is 1. The minimum absolute atomic E-state index is 0.0970. The molecule has 1 heterocycles. The smallest absolute Gasteiger partial charge is 0.337 e. The first kappa shape index (κ1) is 22.8. The first-order chi connectivity index (χ1) is 16.5. The summed E-state index contributed by atoms with van der Waals surface area (Å²) >= 11 is 5.87. The number of hydrogen-bond acceptors (Lipinski definition) is 5. The molecule has 7 nitrogen and oxygen atoms in total. The van der Waals surface area contributed by atoms with Crippen LogP contribution in [0, 0.1) is 0 Å². The third-order valence-electron chi connectivity index (χ3n) is 4.87. The van der Waals surface area contributed by atoms with Crippen molar-refractivity contribution in [3.8, 4) is 0 Å². The normalized spacial score (nSPS) is 11.1. The van der Waals surface area contributed by atoms with Crippen molar-refractivity contribution in [2.75, 3.05) is 5.32 Å². The molecule has 0 aliphatic rings. The Hall–Kier alpha value is -4.36. The van der Waals surface area contributed by atoms with Gasteiger partial charge in [-0.05, 0) is 48.0 Å². The molecule has 1 aromatic heterocycles. The maximum atomic E-state index is 12.7. The van der Waals surface area contributed by atoms with Crippen LogP contribution in [-0.2, 0) is 11.4 Å². The number of rotatable bonds is 8. The van der Waals surface area contributed by atoms with Gasteiger partial charge in [-0.15, -0.1) is 0 Å². The molecule has 170 valence electrons. The van der Waals surface area contributed by atoms with E-state index in [9.17, 15) is 14.7 Å². The summed E-state index contributed by atoms with van der Waals surface area (Å²) in [6, 6.07) is 24.0. The number of nitrogens with zero attached hydrogens (tertiary/aromatic N) is 1. The number of carbonyl (C=O) groups is 2. The van der Waals surface area contributed by atoms with Crippen molar-refractivity contribution in [3.63, 3.8) is 0 Å². The van der Waals surface area contributed by atoms with Crippen LogP contribution in [0.2, 0.25) is 5.02 Å². The monoisotopic (exact) mass is 474 g/mol. The molecule has 0 atom stereocenters. The molecule has 0 bridgehead atoms. The van der Waals surface area contributed by atoms with E-state index in [0.29, 0.717) is 29.2 Å². The Morgan fingerprint density at radius 1 is 0.941 bits per heavy atom. The van der Waals surface area contributed by atoms with Gasteiger partial charge in [0, 0.05) is 16.1 Å². The SMILES string of the molecule is O=C(Nc1ccc(Cl)cc1C(=O)O)c1ccc(C(=NOCc2ccccc2)c2ccco2)cc1. The highest BCUT2D eigenvalue weighted by atomic mass is 35.5. The molecule has 0 fully saturated rings. The van der Waals surface area contributed by atoms with Gasteiger partial charge in [0.15, 0.2) is 11.5 Å². The number of benzene rings is 3. The molecule has 8 heteroatoms. The Morgan fingerprint density at radius 2 is 1.68 bits per heavy atom. The number of nitrogens with one attached hydrogen (secondary N) is 1. The predicted molar refractivity (Wildman–Crippen MR) is 128 cm³/mol. The largest absolute Gasteiger partial charge is 0.478 e. The van der Waals surface area contributed by atoms with Gasteiger partial charge in [-0.1, -0.05) is 59.2 Å². The molecule has 4 rings (SSSR count). The molecule has 2 N–H and O–H groups in total. The lowest BCUT2D eigenvalue weighted by Gasteiger charge is -2.10. The van der Waals surface area contributed by atoms with E-state index in [4.69, 9.17) is 20.9 Å². The van der Waals surface area contributed by atoms with Crippen LogP contribution >= 0.6 is 11.6 Å². The quantitative estimate of drug-likeness (QED) is 0.246. The molecule has 0 radical (unpaired) electrons. The molecular weight excluding hydrogens is 456 g/mol. The van der Waals surface area contributed by atoms with Gasteiger partial charge in [0.25, 0.3) is 5.91 Å². The second kappa shape index (κ2) is 10.5. The molecule has 4 aromatic rings. The first-order valence-corrected chi connectivity index (χ1v) is 10.6. The van der Waals surface area contributed by atoms with Crippen molar-refractivity contribution < 1.29 is 24.0 Å². The average molecular weight is 475 g/mol. The second-order valence-electron chi connectivity index (χ2n) is 7.20. The van der Waals surface area contributed by atoms with Crippen molar-refractivity contribution in [1.29, 1.82) is 0 Å². The predicted octanol–water partition coefficient (Wildman–Crippen LogP) is 5.85. The molecule has 3 aromatic carbocycles. The number of carboxylic acids is 1. The lowest BCUT2D eigenvalue weighted by atomic mass is 10.1. The van der Waals surface area contributed by atoms with E-state index in [-0.39, 0.29) is 16.3 Å². The molecular formula is C26H19ClN2O5. The third kappa shape index (κ3) is 5.51. The molecule has 0 aliphatic heterocycles. The van der Waals surface area contributed by atoms with Crippen LogP contribution in [0.25, 0.3) is 0 Å². The zero-order valence-corrected chi connectivity index (χ0v) is 18.5. The van der Waals surface area contributed by atoms with Gasteiger partial charge in [0.1, 0.15) is 6.61 Å². The van der Waals surface area contributed by atoms with Crippen molar-refractivity contribution in [3.05, 3.63) is 124 Å². The summed E-state index contributed by atoms with van der Waals surface area (Å²) in [4.78, 5) is 29.7. The van der Waals surface area contributed by atoms with Gasteiger partial charge in [0.05, 0.1) is 17.5 Å². The standard InChI is InChI=1S/C26H19ClN2O5/c27-20-12-13-22(21(15-20)26(31)32)28-25(30)19-10-8-18(9-11-19)24(23-7-4-14-33-23)29-34-16-17-5-2-1-3-6-17/h1-15H,16H2,(H,28,30)(H,31,32). The fourth-order valence-electron chi connectivity index (χ4n) is 3.18. The Labute approximate surface area is 200 Å². The van der Waals surface area contributed by atoms with E-state index in [1.54, 1.807) is 36.4 Å². The Kier molecular flexibility index (Phi) is 7.05. The van der Waals surface area contributed by atoms with Crippen molar-refractivity contribution in [2.45, 2.75) is 6.61 Å². The van der Waals surface area contributed by atoms with Crippen LogP contribution in [0.1, 0.15) is 37.6 Å². The minimum atomic E-state index is -1.19. The minimum Gasteiger partial charge on any atom is -0.478 e. The van der Waals surface area contributed by atoms with Crippen LogP contribution in [-0.4, -0.2) is 22.7 Å². The number of hydrogen-bond donors (Lipinski definition) is 2. The number of furan rings is 1. The average Bonchev–Trinajstić information content (AvgIpc) is 3.38. The van der Waals surface area contributed by atoms with E-state index in [1.807, 2.05) is 30.3 Å². The van der Waals surface area contributed by atoms with Crippen LogP contribution in [0.15, 0.2) is 101 Å². The zero-order valence-electron chi connectivity index (χ0n) is 17.8. The summed E-state index contributed by atoms with van der Waals surface area (Å²) in [5, 5.41) is 16.5. The zero-order chi connectivity index (χ0) is 23.9. The van der Waals surface area contributed by atoms with E-state index < -0.39 is 11.9 Å². The number of halogens is 1. The Bertz CT molecular complexity index is 1320. The van der Waals surface area contributed by atoms with Gasteiger partial charge < -0.3 is 19.7 Å². The van der Waals surface area contributed by atoms with E-state index >= 15 is 0 Å². The number of anilines is 1. The molecule has 0 saturated heterocycles. The van der Waals surface area contributed by atoms with Crippen LogP contribution < -0.4 is 5.32 Å². The Balaban J connectivity index is 1.53. The molecule has 1 amide bonds. The molecule has 0 saturated carbocycles. The van der Waals surface area contributed by atoms with E-state index in [0.717, 1.165) is 5.56 Å². The number of carbonyl (C=O) groups excluding carboxylic acids is 1. The van der Waals surface area contributed by atoms with Gasteiger partial charge in [-0.25, -0.2) is 4.79 Å². The van der Waals surface area contributed by atoms with Crippen LogP contribution in [0.5, 0.6) is 0 Å². The highest BCUT2D eigenvalue weighted by molar-refractivity contribution is 6.31. The molecule has 0 unspecified atom stereocenters. The highest BCUT2D eigenvalue weighted by Gasteiger charge is 2.16. The topological polar surface area (TPSA) is 101 Å². The summed E-state index contributed by atoms with van der Waals surface area (Å²) in [6.45, 7) is 0.290. The highest BCUT2D eigenvalue weighted by Crippen LogP contribution is 2.22. The van der Waals surface area contributed by atoms with Gasteiger partial charge in [0.2, 0.25) is 0 Å². The number of oxime groups is 1. The van der Waals surface area contributed by atoms with Crippen molar-refractivity contribution in [1.82, 2.24) is 0 Å². The summed E-state index contributed by atoms with van der Waals surface area (Å²) in [5.41, 5.74) is 2.51. The first-order valence-electron chi connectivity index (χ1n) is 10.2. The summed E-state index contributed by atoms with van der Waals surface area (Å²) in [7, 11) is 0. The summed E-state index contributed by atoms with van der Waals surface area (Å²) in [6.07, 6.45) is 1.54. The fourth-order valence-corrected chi connectivity index (χ4v) is 3.35. The van der Waals surface area contributed by atoms with Crippen LogP contribution in [0.3, 0.4) is 0 Å². The van der Waals surface area contributed by atoms with E-state index in [1.165, 1.54) is 24.5 Å². The molecule has 0 aliphatic carbocycles. The maximum Gasteiger partial charge on any atom is 0.337 e. The maximum absolute atomic E-state index is 12.7. The lowest BCUT2D eigenvalue weighted by molar-refractivity contribution is 0.0698. The van der Waals surface area contributed by atoms with Gasteiger partial charge in [-0.2, -0.15) is 0 Å². The Morgan fingerprint density at radius 3 is 2.35 bits per heavy atom. The molecule has 0 spiro atoms. The van der Waals surface area contributed by atoms with E-state index in [2.05, 4.69) is 10.5 Å².